The molecule has 2 rings (SSSR count). The van der Waals surface area contributed by atoms with Gasteiger partial charge in [0, 0.05) is 0 Å². The Bertz CT molecular complexity index is 438. The minimum absolute atomic E-state index is 0.134. The van der Waals surface area contributed by atoms with E-state index < -0.39 is 0 Å². The van der Waals surface area contributed by atoms with E-state index in [2.05, 4.69) is 31.2 Å². The van der Waals surface area contributed by atoms with Crippen LogP contribution in [0.25, 0.3) is 0 Å². The third-order valence-electron chi connectivity index (χ3n) is 3.35. The fourth-order valence-electron chi connectivity index (χ4n) is 2.11. The molecular weight excluding hydrogens is 260 g/mol. The molecule has 0 heterocycles. The molecule has 2 nitrogen and oxygen atoms in total. The average Bonchev–Trinajstić information content (AvgIpc) is 2.56. The van der Waals surface area contributed by atoms with Crippen molar-refractivity contribution < 1.29 is 9.47 Å². The van der Waals surface area contributed by atoms with Gasteiger partial charge >= 0.3 is 0 Å². The zero-order valence-electron chi connectivity index (χ0n) is 12.7. The molecule has 0 bridgehead atoms. The predicted octanol–water partition coefficient (Wildman–Crippen LogP) is 4.94. The zero-order chi connectivity index (χ0) is 14.8. The highest BCUT2D eigenvalue weighted by Gasteiger charge is 2.09. The second-order valence-electron chi connectivity index (χ2n) is 5.16. The number of hydrogen-bond acceptors (Lipinski definition) is 2. The van der Waals surface area contributed by atoms with Crippen LogP contribution in [0.1, 0.15) is 37.3 Å². The first kappa shape index (κ1) is 15.7. The molecule has 0 unspecified atom stereocenters. The molecule has 0 amide bonds. The maximum Gasteiger partial charge on any atom is 0.158 e. The van der Waals surface area contributed by atoms with E-state index >= 15 is 0 Å². The van der Waals surface area contributed by atoms with Crippen molar-refractivity contribution in [2.45, 2.75) is 45.7 Å². The Kier molecular flexibility index (Phi) is 6.99. The van der Waals surface area contributed by atoms with Gasteiger partial charge in [0.2, 0.25) is 0 Å². The molecule has 2 aromatic carbocycles. The van der Waals surface area contributed by atoms with Crippen molar-refractivity contribution in [1.29, 1.82) is 0 Å². The van der Waals surface area contributed by atoms with Crippen LogP contribution in [-0.4, -0.2) is 6.29 Å². The summed E-state index contributed by atoms with van der Waals surface area (Å²) in [6.07, 6.45) is 3.08. The predicted molar refractivity (Wildman–Crippen MR) is 85.8 cm³/mol. The number of rotatable bonds is 9. The van der Waals surface area contributed by atoms with Gasteiger partial charge in [0.25, 0.3) is 0 Å². The van der Waals surface area contributed by atoms with Crippen molar-refractivity contribution in [3.63, 3.8) is 0 Å². The standard InChI is InChI=1S/C19H24O2/c1-2-3-14-19(20-15-17-10-6-4-7-11-17)21-16-18-12-8-5-9-13-18/h4-13,19H,2-3,14-16H2,1H3. The summed E-state index contributed by atoms with van der Waals surface area (Å²) in [6, 6.07) is 20.5. The average molecular weight is 284 g/mol. The molecular formula is C19H24O2. The van der Waals surface area contributed by atoms with Gasteiger partial charge in [-0.25, -0.2) is 0 Å². The third-order valence-corrected chi connectivity index (χ3v) is 3.35. The first-order valence-electron chi connectivity index (χ1n) is 7.69. The second kappa shape index (κ2) is 9.32. The van der Waals surface area contributed by atoms with Gasteiger partial charge in [-0.1, -0.05) is 74.0 Å². The Labute approximate surface area is 127 Å². The summed E-state index contributed by atoms with van der Waals surface area (Å²) in [5.41, 5.74) is 2.37. The summed E-state index contributed by atoms with van der Waals surface area (Å²) in [5, 5.41) is 0. The summed E-state index contributed by atoms with van der Waals surface area (Å²) in [4.78, 5) is 0. The summed E-state index contributed by atoms with van der Waals surface area (Å²) >= 11 is 0. The van der Waals surface area contributed by atoms with Gasteiger partial charge in [-0.3, -0.25) is 0 Å². The molecule has 0 saturated carbocycles. The molecule has 0 saturated heterocycles. The summed E-state index contributed by atoms with van der Waals surface area (Å²) in [5.74, 6) is 0. The van der Waals surface area contributed by atoms with Crippen LogP contribution >= 0.6 is 0 Å². The van der Waals surface area contributed by atoms with Crippen LogP contribution in [0, 0.1) is 0 Å². The van der Waals surface area contributed by atoms with Gasteiger partial charge < -0.3 is 9.47 Å². The van der Waals surface area contributed by atoms with E-state index in [0.29, 0.717) is 13.2 Å². The molecule has 2 aromatic rings. The van der Waals surface area contributed by atoms with Gasteiger partial charge in [-0.15, -0.1) is 0 Å². The molecule has 0 spiro atoms. The van der Waals surface area contributed by atoms with Crippen LogP contribution in [0.15, 0.2) is 60.7 Å². The lowest BCUT2D eigenvalue weighted by atomic mass is 10.2. The highest BCUT2D eigenvalue weighted by atomic mass is 16.7. The lowest BCUT2D eigenvalue weighted by Crippen LogP contribution is -2.17. The van der Waals surface area contributed by atoms with Gasteiger partial charge in [0.1, 0.15) is 0 Å². The van der Waals surface area contributed by atoms with Gasteiger partial charge in [0.05, 0.1) is 13.2 Å². The lowest BCUT2D eigenvalue weighted by molar-refractivity contribution is -0.160. The van der Waals surface area contributed by atoms with Crippen LogP contribution in [0.2, 0.25) is 0 Å². The molecule has 0 aliphatic rings. The molecule has 0 aliphatic heterocycles. The number of ether oxygens (including phenoxy) is 2. The van der Waals surface area contributed by atoms with E-state index in [1.165, 1.54) is 11.1 Å². The fourth-order valence-corrected chi connectivity index (χ4v) is 2.11. The minimum Gasteiger partial charge on any atom is -0.348 e. The highest BCUT2D eigenvalue weighted by molar-refractivity contribution is 5.14. The van der Waals surface area contributed by atoms with Crippen molar-refractivity contribution in [1.82, 2.24) is 0 Å². The van der Waals surface area contributed by atoms with Crippen LogP contribution < -0.4 is 0 Å². The Morgan fingerprint density at radius 2 is 1.24 bits per heavy atom. The monoisotopic (exact) mass is 284 g/mol. The minimum atomic E-state index is -0.134. The Balaban J connectivity index is 1.82. The van der Waals surface area contributed by atoms with Crippen LogP contribution in [0.4, 0.5) is 0 Å². The molecule has 0 fully saturated rings. The maximum atomic E-state index is 5.93. The topological polar surface area (TPSA) is 18.5 Å². The first-order valence-corrected chi connectivity index (χ1v) is 7.69. The lowest BCUT2D eigenvalue weighted by Gasteiger charge is -2.18. The van der Waals surface area contributed by atoms with E-state index in [1.807, 2.05) is 36.4 Å². The fraction of sp³-hybridized carbons (Fsp3) is 0.368. The first-order chi connectivity index (χ1) is 10.4. The highest BCUT2D eigenvalue weighted by Crippen LogP contribution is 2.13. The summed E-state index contributed by atoms with van der Waals surface area (Å²) in [6.45, 7) is 3.39. The smallest absolute Gasteiger partial charge is 0.158 e. The molecule has 0 aliphatic carbocycles. The zero-order valence-corrected chi connectivity index (χ0v) is 12.7. The van der Waals surface area contributed by atoms with Crippen LogP contribution in [0.3, 0.4) is 0 Å². The molecule has 2 heteroatoms. The molecule has 112 valence electrons. The summed E-state index contributed by atoms with van der Waals surface area (Å²) in [7, 11) is 0. The summed E-state index contributed by atoms with van der Waals surface area (Å²) < 4.78 is 11.9. The van der Waals surface area contributed by atoms with E-state index in [4.69, 9.17) is 9.47 Å². The van der Waals surface area contributed by atoms with Gasteiger partial charge in [-0.2, -0.15) is 0 Å². The maximum absolute atomic E-state index is 5.93. The van der Waals surface area contributed by atoms with Gasteiger partial charge in [0.15, 0.2) is 6.29 Å². The van der Waals surface area contributed by atoms with Crippen molar-refractivity contribution in [3.05, 3.63) is 71.8 Å². The Morgan fingerprint density at radius 1 is 0.762 bits per heavy atom. The molecule has 0 atom stereocenters. The van der Waals surface area contributed by atoms with Crippen LogP contribution in [0.5, 0.6) is 0 Å². The van der Waals surface area contributed by atoms with E-state index in [1.54, 1.807) is 0 Å². The van der Waals surface area contributed by atoms with Crippen molar-refractivity contribution in [3.8, 4) is 0 Å². The third kappa shape index (κ3) is 6.11. The largest absolute Gasteiger partial charge is 0.348 e. The molecule has 0 radical (unpaired) electrons. The number of benzene rings is 2. The van der Waals surface area contributed by atoms with Crippen molar-refractivity contribution >= 4 is 0 Å². The second-order valence-corrected chi connectivity index (χ2v) is 5.16. The Morgan fingerprint density at radius 3 is 1.67 bits per heavy atom. The van der Waals surface area contributed by atoms with Gasteiger partial charge in [-0.05, 0) is 24.0 Å². The van der Waals surface area contributed by atoms with Crippen molar-refractivity contribution in [2.75, 3.05) is 0 Å². The molecule has 0 N–H and O–H groups in total. The van der Waals surface area contributed by atoms with Crippen molar-refractivity contribution in [2.24, 2.45) is 0 Å². The van der Waals surface area contributed by atoms with E-state index in [0.717, 1.165) is 19.3 Å². The normalized spacial score (nSPS) is 11.0. The number of hydrogen-bond donors (Lipinski definition) is 0. The van der Waals surface area contributed by atoms with Crippen LogP contribution in [-0.2, 0) is 22.7 Å². The molecule has 0 aromatic heterocycles. The van der Waals surface area contributed by atoms with E-state index in [-0.39, 0.29) is 6.29 Å². The quantitative estimate of drug-likeness (QED) is 0.607. The number of unbranched alkanes of at least 4 members (excludes halogenated alkanes) is 1. The Hall–Kier alpha value is -1.64. The van der Waals surface area contributed by atoms with E-state index in [9.17, 15) is 0 Å². The molecule has 21 heavy (non-hydrogen) atoms. The SMILES string of the molecule is CCCCC(OCc1ccccc1)OCc1ccccc1.